The minimum absolute atomic E-state index is 0.0409. The van der Waals surface area contributed by atoms with Gasteiger partial charge in [0.15, 0.2) is 48.8 Å². The van der Waals surface area contributed by atoms with Crippen LogP contribution in [0.5, 0.6) is 0 Å². The molecule has 8 unspecified atom stereocenters. The fraction of sp³-hybridized carbons (Fsp3) is 0.513. The molecule has 8 atom stereocenters. The second-order valence-corrected chi connectivity index (χ2v) is 14.4. The van der Waals surface area contributed by atoms with Gasteiger partial charge in [-0.25, -0.2) is 33.7 Å². The molecule has 0 fully saturated rings. The van der Waals surface area contributed by atoms with Gasteiger partial charge in [-0.1, -0.05) is 0 Å². The van der Waals surface area contributed by atoms with Crippen LogP contribution < -0.4 is 4.90 Å². The van der Waals surface area contributed by atoms with Crippen molar-refractivity contribution in [3.63, 3.8) is 0 Å². The summed E-state index contributed by atoms with van der Waals surface area (Å²) in [6, 6.07) is 2.99. The van der Waals surface area contributed by atoms with E-state index in [0.29, 0.717) is 11.0 Å². The van der Waals surface area contributed by atoms with E-state index in [0.717, 1.165) is 51.3 Å². The molecule has 23 nitrogen and oxygen atoms in total. The van der Waals surface area contributed by atoms with E-state index in [4.69, 9.17) is 37.9 Å². The number of fused-ring (bicyclic) bond motifs is 1. The summed E-state index contributed by atoms with van der Waals surface area (Å²) in [4.78, 5) is 141. The van der Waals surface area contributed by atoms with Crippen LogP contribution in [0.3, 0.4) is 0 Å². The maximum absolute atomic E-state index is 14.4. The number of ether oxygens (including phenoxy) is 8. The highest BCUT2D eigenvalue weighted by molar-refractivity contribution is 9.10. The predicted octanol–water partition coefficient (Wildman–Crippen LogP) is 1.42. The molecule has 0 saturated carbocycles. The monoisotopic (exact) mass is 951 g/mol. The molecule has 0 spiro atoms. The highest BCUT2D eigenvalue weighted by Crippen LogP contribution is 2.34. The average molecular weight is 953 g/mol. The van der Waals surface area contributed by atoms with Crippen LogP contribution in [-0.2, 0) is 85.8 Å². The number of hydrogen-bond donors (Lipinski definition) is 0. The third kappa shape index (κ3) is 13.7. The molecule has 342 valence electrons. The van der Waals surface area contributed by atoms with E-state index in [2.05, 4.69) is 30.9 Å². The predicted molar refractivity (Wildman–Crippen MR) is 215 cm³/mol. The number of esters is 8. The first-order valence-electron chi connectivity index (χ1n) is 19.1. The van der Waals surface area contributed by atoms with Gasteiger partial charge in [0.1, 0.15) is 5.52 Å². The molecule has 3 rings (SSSR count). The van der Waals surface area contributed by atoms with Crippen LogP contribution in [0.25, 0.3) is 11.0 Å². The summed E-state index contributed by atoms with van der Waals surface area (Å²) in [5.74, 6) is -10.4. The molecule has 63 heavy (non-hydrogen) atoms. The zero-order valence-electron chi connectivity index (χ0n) is 35.8. The quantitative estimate of drug-likeness (QED) is 0.160. The van der Waals surface area contributed by atoms with E-state index in [1.807, 2.05) is 0 Å². The number of guanidine groups is 1. The van der Waals surface area contributed by atoms with E-state index >= 15 is 0 Å². The standard InChI is InChI=1S/C39H46BrN5O18/c1-17(58-35(52)21(5)62-37(54)23(7)60-33(50)19(3)56-25(9)46)31(48)44-16-15-43-39(44)45(28-12-11-27-30(29(28)40)42-14-13-41-27)32(49)18(2)59-36(53)22(6)63-38(55)24(8)61-34(51)20(4)57-26(10)47/h11-14,17-24H,15-16H2,1-10H3. The molecule has 0 radical (unpaired) electrons. The summed E-state index contributed by atoms with van der Waals surface area (Å²) < 4.78 is 40.4. The molecule has 0 saturated heterocycles. The molecular weight excluding hydrogens is 906 g/mol. The Morgan fingerprint density at radius 1 is 0.556 bits per heavy atom. The number of rotatable bonds is 17. The largest absolute Gasteiger partial charge is 0.451 e. The average Bonchev–Trinajstić information content (AvgIpc) is 3.69. The summed E-state index contributed by atoms with van der Waals surface area (Å²) in [5.41, 5.74) is 0.771. The van der Waals surface area contributed by atoms with Gasteiger partial charge in [0.2, 0.25) is 5.96 Å². The van der Waals surface area contributed by atoms with Gasteiger partial charge in [-0.15, -0.1) is 0 Å². The van der Waals surface area contributed by atoms with Crippen LogP contribution in [0.4, 0.5) is 5.69 Å². The van der Waals surface area contributed by atoms with E-state index in [1.54, 1.807) is 0 Å². The Morgan fingerprint density at radius 2 is 0.937 bits per heavy atom. The number of amides is 2. The summed E-state index contributed by atoms with van der Waals surface area (Å²) in [6.07, 6.45) is -9.34. The Kier molecular flexibility index (Phi) is 18.1. The smallest absolute Gasteiger partial charge is 0.347 e. The van der Waals surface area contributed by atoms with Gasteiger partial charge in [-0.05, 0) is 83.5 Å². The molecule has 1 aromatic heterocycles. The van der Waals surface area contributed by atoms with Crippen molar-refractivity contribution in [2.75, 3.05) is 18.0 Å². The van der Waals surface area contributed by atoms with Gasteiger partial charge < -0.3 is 37.9 Å². The highest BCUT2D eigenvalue weighted by Gasteiger charge is 2.40. The van der Waals surface area contributed by atoms with Gasteiger partial charge >= 0.3 is 47.8 Å². The number of halogens is 1. The van der Waals surface area contributed by atoms with Crippen LogP contribution >= 0.6 is 15.9 Å². The lowest BCUT2D eigenvalue weighted by Gasteiger charge is -2.32. The minimum atomic E-state index is -1.65. The van der Waals surface area contributed by atoms with Crippen molar-refractivity contribution < 1.29 is 85.8 Å². The Morgan fingerprint density at radius 3 is 1.37 bits per heavy atom. The molecule has 1 aliphatic rings. The Balaban J connectivity index is 1.79. The lowest BCUT2D eigenvalue weighted by atomic mass is 10.2. The molecule has 1 aliphatic heterocycles. The van der Waals surface area contributed by atoms with Crippen molar-refractivity contribution in [3.8, 4) is 0 Å². The molecule has 1 aromatic carbocycles. The van der Waals surface area contributed by atoms with Crippen molar-refractivity contribution in [2.45, 2.75) is 118 Å². The first-order chi connectivity index (χ1) is 29.4. The number of benzene rings is 1. The summed E-state index contributed by atoms with van der Waals surface area (Å²) in [7, 11) is 0. The van der Waals surface area contributed by atoms with Crippen molar-refractivity contribution in [2.24, 2.45) is 4.99 Å². The Bertz CT molecular complexity index is 2170. The summed E-state index contributed by atoms with van der Waals surface area (Å²) in [5, 5.41) is 0. The van der Waals surface area contributed by atoms with Gasteiger partial charge in [-0.2, -0.15) is 0 Å². The van der Waals surface area contributed by atoms with Crippen molar-refractivity contribution in [3.05, 3.63) is 29.0 Å². The third-order valence-electron chi connectivity index (χ3n) is 8.43. The molecular formula is C39H46BrN5O18. The molecule has 0 bridgehead atoms. The second kappa shape index (κ2) is 22.5. The number of carbonyl (C=O) groups is 10. The van der Waals surface area contributed by atoms with Gasteiger partial charge in [-0.3, -0.25) is 39.0 Å². The number of anilines is 1. The van der Waals surface area contributed by atoms with Gasteiger partial charge in [0.05, 0.1) is 22.2 Å². The normalized spacial score (nSPS) is 15.9. The number of aromatic nitrogens is 2. The zero-order chi connectivity index (χ0) is 47.5. The van der Waals surface area contributed by atoms with E-state index < -0.39 is 108 Å². The number of nitrogens with zero attached hydrogens (tertiary/aromatic N) is 5. The van der Waals surface area contributed by atoms with Crippen molar-refractivity contribution in [1.82, 2.24) is 14.9 Å². The van der Waals surface area contributed by atoms with Crippen LogP contribution in [0.2, 0.25) is 0 Å². The van der Waals surface area contributed by atoms with Crippen LogP contribution in [0, 0.1) is 0 Å². The fourth-order valence-electron chi connectivity index (χ4n) is 5.23. The van der Waals surface area contributed by atoms with Crippen molar-refractivity contribution >= 4 is 98.2 Å². The lowest BCUT2D eigenvalue weighted by Crippen LogP contribution is -2.54. The Hall–Kier alpha value is -6.59. The maximum atomic E-state index is 14.4. The molecule has 2 aromatic rings. The van der Waals surface area contributed by atoms with E-state index in [-0.39, 0.29) is 29.2 Å². The summed E-state index contributed by atoms with van der Waals surface area (Å²) in [6.45, 7) is 11.5. The first kappa shape index (κ1) is 50.8. The second-order valence-electron chi connectivity index (χ2n) is 13.6. The Labute approximate surface area is 368 Å². The fourth-order valence-corrected chi connectivity index (χ4v) is 5.85. The van der Waals surface area contributed by atoms with Crippen LogP contribution in [0.1, 0.15) is 69.2 Å². The number of aliphatic imine (C=N–C) groups is 1. The third-order valence-corrected chi connectivity index (χ3v) is 9.22. The van der Waals surface area contributed by atoms with Crippen LogP contribution in [-0.4, -0.2) is 142 Å². The SMILES string of the molecule is CC(=O)OC(C)C(=O)OC(C)C(=O)OC(C)C(=O)OC(C)C(=O)N1CCN=C1N(C(=O)C(C)OC(=O)C(C)OC(=O)C(C)OC(=O)C(C)OC(C)=O)c1ccc2nccnc2c1Br. The van der Waals surface area contributed by atoms with E-state index in [1.165, 1.54) is 52.2 Å². The van der Waals surface area contributed by atoms with E-state index in [9.17, 15) is 47.9 Å². The topological polar surface area (TPSA) is 289 Å². The highest BCUT2D eigenvalue weighted by atomic mass is 79.9. The number of hydrogen-bond acceptors (Lipinski definition) is 21. The van der Waals surface area contributed by atoms with Gasteiger partial charge in [0.25, 0.3) is 11.8 Å². The zero-order valence-corrected chi connectivity index (χ0v) is 37.4. The lowest BCUT2D eigenvalue weighted by molar-refractivity contribution is -0.183. The van der Waals surface area contributed by atoms with Gasteiger partial charge in [0, 0.05) is 32.8 Å². The molecule has 24 heteroatoms. The first-order valence-corrected chi connectivity index (χ1v) is 19.9. The van der Waals surface area contributed by atoms with Crippen molar-refractivity contribution in [1.29, 1.82) is 0 Å². The minimum Gasteiger partial charge on any atom is -0.451 e. The molecule has 0 aliphatic carbocycles. The number of carbonyl (C=O) groups excluding carboxylic acids is 10. The molecule has 0 N–H and O–H groups in total. The molecule has 2 heterocycles. The summed E-state index contributed by atoms with van der Waals surface area (Å²) >= 11 is 3.45. The molecule has 2 amide bonds. The maximum Gasteiger partial charge on any atom is 0.347 e. The van der Waals surface area contributed by atoms with Crippen LogP contribution in [0.15, 0.2) is 34.0 Å².